The molecule has 1 aromatic carbocycles. The van der Waals surface area contributed by atoms with Crippen LogP contribution >= 0.6 is 11.3 Å². The normalized spacial score (nSPS) is 12.2. The Morgan fingerprint density at radius 3 is 2.58 bits per heavy atom. The van der Waals surface area contributed by atoms with Gasteiger partial charge < -0.3 is 19.5 Å². The van der Waals surface area contributed by atoms with Gasteiger partial charge in [-0.1, -0.05) is 26.0 Å². The van der Waals surface area contributed by atoms with Crippen molar-refractivity contribution in [3.8, 4) is 11.5 Å². The number of rotatable bonds is 11. The van der Waals surface area contributed by atoms with E-state index in [2.05, 4.69) is 18.7 Å². The van der Waals surface area contributed by atoms with Crippen molar-refractivity contribution in [1.82, 2.24) is 4.90 Å². The van der Waals surface area contributed by atoms with E-state index in [9.17, 15) is 9.90 Å². The zero-order valence-electron chi connectivity index (χ0n) is 15.6. The molecule has 1 atom stereocenters. The summed E-state index contributed by atoms with van der Waals surface area (Å²) in [5.41, 5.74) is 0.916. The summed E-state index contributed by atoms with van der Waals surface area (Å²) in [6.45, 7) is 7.70. The van der Waals surface area contributed by atoms with Crippen LogP contribution in [0.2, 0.25) is 0 Å². The number of nitrogens with zero attached hydrogens (tertiary/aromatic N) is 1. The lowest BCUT2D eigenvalue weighted by Gasteiger charge is -2.19. The van der Waals surface area contributed by atoms with Crippen molar-refractivity contribution in [2.75, 3.05) is 33.4 Å². The van der Waals surface area contributed by atoms with Crippen molar-refractivity contribution >= 4 is 17.3 Å². The lowest BCUT2D eigenvalue weighted by molar-refractivity contribution is -0.138. The predicted molar refractivity (Wildman–Crippen MR) is 105 cm³/mol. The summed E-state index contributed by atoms with van der Waals surface area (Å²) in [5, 5.41) is 11.4. The van der Waals surface area contributed by atoms with E-state index in [-0.39, 0.29) is 0 Å². The van der Waals surface area contributed by atoms with Crippen LogP contribution < -0.4 is 9.47 Å². The highest BCUT2D eigenvalue weighted by molar-refractivity contribution is 7.10. The Kier molecular flexibility index (Phi) is 7.94. The average molecular weight is 378 g/mol. The first-order valence-electron chi connectivity index (χ1n) is 8.87. The van der Waals surface area contributed by atoms with Gasteiger partial charge >= 0.3 is 5.97 Å². The van der Waals surface area contributed by atoms with Gasteiger partial charge in [-0.15, -0.1) is 11.3 Å². The predicted octanol–water partition coefficient (Wildman–Crippen LogP) is 3.89. The fourth-order valence-electron chi connectivity index (χ4n) is 2.82. The minimum atomic E-state index is -0.814. The van der Waals surface area contributed by atoms with Crippen LogP contribution in [0.3, 0.4) is 0 Å². The Labute approximate surface area is 159 Å². The molecule has 1 N–H and O–H groups in total. The number of hydrogen-bond donors (Lipinski definition) is 1. The van der Waals surface area contributed by atoms with Crippen LogP contribution in [0.1, 0.15) is 30.2 Å². The molecule has 1 heterocycles. The molecule has 6 heteroatoms. The number of thiophene rings is 1. The number of carboxylic acid groups (broad SMARTS) is 1. The molecule has 0 fully saturated rings. The summed E-state index contributed by atoms with van der Waals surface area (Å²) in [6.07, 6.45) is 0.423. The molecular formula is C20H27NO4S. The van der Waals surface area contributed by atoms with Crippen LogP contribution in [0, 0.1) is 0 Å². The van der Waals surface area contributed by atoms with Crippen molar-refractivity contribution in [3.05, 3.63) is 46.2 Å². The van der Waals surface area contributed by atoms with Gasteiger partial charge in [-0.2, -0.15) is 0 Å². The first-order chi connectivity index (χ1) is 12.6. The van der Waals surface area contributed by atoms with Gasteiger partial charge in [-0.05, 0) is 48.7 Å². The van der Waals surface area contributed by atoms with Gasteiger partial charge in [0.25, 0.3) is 0 Å². The molecule has 0 amide bonds. The van der Waals surface area contributed by atoms with E-state index < -0.39 is 11.9 Å². The van der Waals surface area contributed by atoms with Crippen LogP contribution in [0.4, 0.5) is 0 Å². The second kappa shape index (κ2) is 10.2. The van der Waals surface area contributed by atoms with Crippen molar-refractivity contribution in [2.45, 2.75) is 26.2 Å². The maximum absolute atomic E-state index is 11.6. The number of ether oxygens (including phenoxy) is 2. The number of aliphatic carboxylic acids is 1. The SMILES string of the molecule is CCN(CC)CCOc1ccc(CC(C(=O)O)c2cccs2)cc1OC. The van der Waals surface area contributed by atoms with Crippen LogP contribution in [-0.2, 0) is 11.2 Å². The van der Waals surface area contributed by atoms with Gasteiger partial charge in [0.1, 0.15) is 6.61 Å². The highest BCUT2D eigenvalue weighted by Crippen LogP contribution is 2.31. The van der Waals surface area contributed by atoms with E-state index in [0.717, 1.165) is 30.1 Å². The molecule has 0 aliphatic rings. The first kappa shape index (κ1) is 20.3. The molecule has 5 nitrogen and oxygen atoms in total. The van der Waals surface area contributed by atoms with Crippen LogP contribution in [0.5, 0.6) is 11.5 Å². The van der Waals surface area contributed by atoms with Crippen molar-refractivity contribution in [1.29, 1.82) is 0 Å². The summed E-state index contributed by atoms with van der Waals surface area (Å²) >= 11 is 1.47. The Bertz CT molecular complexity index is 683. The highest BCUT2D eigenvalue weighted by Gasteiger charge is 2.22. The van der Waals surface area contributed by atoms with E-state index in [1.54, 1.807) is 7.11 Å². The Hall–Kier alpha value is -2.05. The molecular weight excluding hydrogens is 350 g/mol. The zero-order chi connectivity index (χ0) is 18.9. The Morgan fingerprint density at radius 1 is 1.23 bits per heavy atom. The zero-order valence-corrected chi connectivity index (χ0v) is 16.4. The summed E-state index contributed by atoms with van der Waals surface area (Å²) in [6, 6.07) is 9.40. The molecule has 26 heavy (non-hydrogen) atoms. The smallest absolute Gasteiger partial charge is 0.312 e. The number of methoxy groups -OCH3 is 1. The minimum Gasteiger partial charge on any atom is -0.493 e. The largest absolute Gasteiger partial charge is 0.493 e. The second-order valence-electron chi connectivity index (χ2n) is 5.97. The molecule has 0 saturated carbocycles. The van der Waals surface area contributed by atoms with E-state index in [4.69, 9.17) is 9.47 Å². The standard InChI is InChI=1S/C20H27NO4S/c1-4-21(5-2)10-11-25-17-9-8-15(14-18(17)24-3)13-16(20(22)23)19-7-6-12-26-19/h6-9,12,14,16H,4-5,10-11,13H2,1-3H3,(H,22,23). The minimum absolute atomic E-state index is 0.423. The molecule has 0 radical (unpaired) electrons. The fraction of sp³-hybridized carbons (Fsp3) is 0.450. The van der Waals surface area contributed by atoms with Crippen molar-refractivity contribution in [2.24, 2.45) is 0 Å². The summed E-state index contributed by atoms with van der Waals surface area (Å²) in [4.78, 5) is 14.8. The number of carboxylic acids is 1. The maximum atomic E-state index is 11.6. The molecule has 1 aromatic heterocycles. The molecule has 2 aromatic rings. The van der Waals surface area contributed by atoms with E-state index in [0.29, 0.717) is 24.5 Å². The van der Waals surface area contributed by atoms with Gasteiger partial charge in [0.15, 0.2) is 11.5 Å². The van der Waals surface area contributed by atoms with Gasteiger partial charge in [0.2, 0.25) is 0 Å². The molecule has 0 aliphatic heterocycles. The quantitative estimate of drug-likeness (QED) is 0.644. The Balaban J connectivity index is 2.06. The molecule has 0 bridgehead atoms. The van der Waals surface area contributed by atoms with E-state index in [1.807, 2.05) is 35.7 Å². The van der Waals surface area contributed by atoms with Crippen LogP contribution in [0.15, 0.2) is 35.7 Å². The van der Waals surface area contributed by atoms with Gasteiger partial charge in [-0.3, -0.25) is 4.79 Å². The lowest BCUT2D eigenvalue weighted by atomic mass is 9.97. The number of likely N-dealkylation sites (N-methyl/N-ethyl adjacent to an activating group) is 1. The Morgan fingerprint density at radius 2 is 2.00 bits per heavy atom. The monoisotopic (exact) mass is 377 g/mol. The first-order valence-corrected chi connectivity index (χ1v) is 9.75. The van der Waals surface area contributed by atoms with E-state index >= 15 is 0 Å². The molecule has 142 valence electrons. The van der Waals surface area contributed by atoms with Crippen molar-refractivity contribution in [3.63, 3.8) is 0 Å². The third-order valence-corrected chi connectivity index (χ3v) is 5.40. The van der Waals surface area contributed by atoms with Crippen molar-refractivity contribution < 1.29 is 19.4 Å². The number of benzene rings is 1. The van der Waals surface area contributed by atoms with Crippen LogP contribution in [-0.4, -0.2) is 49.3 Å². The average Bonchev–Trinajstić information content (AvgIpc) is 3.18. The van der Waals surface area contributed by atoms with Crippen LogP contribution in [0.25, 0.3) is 0 Å². The maximum Gasteiger partial charge on any atom is 0.312 e. The lowest BCUT2D eigenvalue weighted by Crippen LogP contribution is -2.27. The summed E-state index contributed by atoms with van der Waals surface area (Å²) in [5.74, 6) is -0.0381. The third-order valence-electron chi connectivity index (χ3n) is 4.41. The highest BCUT2D eigenvalue weighted by atomic mass is 32.1. The fourth-order valence-corrected chi connectivity index (χ4v) is 3.64. The van der Waals surface area contributed by atoms with Gasteiger partial charge in [0.05, 0.1) is 13.0 Å². The van der Waals surface area contributed by atoms with Gasteiger partial charge in [-0.25, -0.2) is 0 Å². The number of carbonyl (C=O) groups is 1. The molecule has 0 aliphatic carbocycles. The molecule has 0 saturated heterocycles. The van der Waals surface area contributed by atoms with Gasteiger partial charge in [0, 0.05) is 11.4 Å². The number of hydrogen-bond acceptors (Lipinski definition) is 5. The second-order valence-corrected chi connectivity index (χ2v) is 6.95. The third kappa shape index (κ3) is 5.47. The summed E-state index contributed by atoms with van der Waals surface area (Å²) in [7, 11) is 1.60. The summed E-state index contributed by atoms with van der Waals surface area (Å²) < 4.78 is 11.3. The molecule has 2 rings (SSSR count). The molecule has 0 spiro atoms. The molecule has 1 unspecified atom stereocenters. The topological polar surface area (TPSA) is 59.0 Å². The van der Waals surface area contributed by atoms with E-state index in [1.165, 1.54) is 11.3 Å².